The molecule has 0 radical (unpaired) electrons. The monoisotopic (exact) mass is 321 g/mol. The van der Waals surface area contributed by atoms with Gasteiger partial charge in [0, 0.05) is 5.69 Å². The van der Waals surface area contributed by atoms with Crippen LogP contribution >= 0.6 is 15.9 Å². The van der Waals surface area contributed by atoms with Crippen molar-refractivity contribution in [3.63, 3.8) is 0 Å². The lowest BCUT2D eigenvalue weighted by Crippen LogP contribution is -1.99. The van der Waals surface area contributed by atoms with Crippen LogP contribution in [0, 0.1) is 0 Å². The van der Waals surface area contributed by atoms with Gasteiger partial charge in [0.1, 0.15) is 0 Å². The van der Waals surface area contributed by atoms with Gasteiger partial charge in [0.15, 0.2) is 0 Å². The van der Waals surface area contributed by atoms with Crippen molar-refractivity contribution in [3.8, 4) is 5.88 Å². The molecule has 0 aliphatic heterocycles. The van der Waals surface area contributed by atoms with E-state index in [0.717, 1.165) is 10.2 Å². The van der Waals surface area contributed by atoms with Crippen LogP contribution in [-0.2, 0) is 0 Å². The van der Waals surface area contributed by atoms with E-state index >= 15 is 0 Å². The fraction of sp³-hybridized carbons (Fsp3) is 0.286. The molecule has 1 heterocycles. The van der Waals surface area contributed by atoms with Crippen LogP contribution < -0.4 is 10.1 Å². The minimum absolute atomic E-state index is 0.510. The Kier molecular flexibility index (Phi) is 4.37. The highest BCUT2D eigenvalue weighted by Gasteiger charge is 2.05. The zero-order valence-corrected chi connectivity index (χ0v) is 12.7. The molecule has 2 aromatic rings. The van der Waals surface area contributed by atoms with Crippen molar-refractivity contribution in [3.05, 3.63) is 40.5 Å². The third-order valence-corrected chi connectivity index (χ3v) is 3.28. The van der Waals surface area contributed by atoms with Crippen molar-refractivity contribution < 1.29 is 4.74 Å². The number of benzene rings is 1. The molecule has 2 rings (SSSR count). The molecule has 0 atom stereocenters. The molecule has 0 aliphatic rings. The first-order chi connectivity index (χ1) is 9.10. The molecule has 100 valence electrons. The minimum Gasteiger partial charge on any atom is -0.480 e. The summed E-state index contributed by atoms with van der Waals surface area (Å²) in [6.45, 7) is 4.34. The van der Waals surface area contributed by atoms with Gasteiger partial charge in [0.05, 0.1) is 17.8 Å². The zero-order chi connectivity index (χ0) is 13.8. The van der Waals surface area contributed by atoms with Crippen LogP contribution in [0.4, 0.5) is 11.6 Å². The van der Waals surface area contributed by atoms with Gasteiger partial charge in [-0.25, -0.2) is 4.98 Å². The molecule has 1 N–H and O–H groups in total. The maximum atomic E-state index is 5.14. The molecule has 0 aliphatic carbocycles. The van der Waals surface area contributed by atoms with Crippen molar-refractivity contribution >= 4 is 27.6 Å². The topological polar surface area (TPSA) is 47.0 Å². The number of aromatic nitrogens is 2. The smallest absolute Gasteiger partial charge is 0.232 e. The summed E-state index contributed by atoms with van der Waals surface area (Å²) in [5.41, 5.74) is 2.26. The molecule has 0 saturated carbocycles. The van der Waals surface area contributed by atoms with Crippen molar-refractivity contribution in [2.24, 2.45) is 0 Å². The number of anilines is 2. The predicted octanol–water partition coefficient (Wildman–Crippen LogP) is 4.11. The summed E-state index contributed by atoms with van der Waals surface area (Å²) in [7, 11) is 1.58. The summed E-state index contributed by atoms with van der Waals surface area (Å²) in [5.74, 6) is 1.55. The highest BCUT2D eigenvalue weighted by molar-refractivity contribution is 9.10. The molecule has 0 unspecified atom stereocenters. The van der Waals surface area contributed by atoms with Gasteiger partial charge in [-0.05, 0) is 39.5 Å². The molecule has 5 heteroatoms. The Balaban J connectivity index is 2.16. The van der Waals surface area contributed by atoms with Crippen molar-refractivity contribution in [2.75, 3.05) is 12.4 Å². The van der Waals surface area contributed by atoms with Gasteiger partial charge in [-0.3, -0.25) is 0 Å². The Bertz CT molecular complexity index is 555. The van der Waals surface area contributed by atoms with Gasteiger partial charge in [-0.2, -0.15) is 4.98 Å². The summed E-state index contributed by atoms with van der Waals surface area (Å²) in [6.07, 6.45) is 1.66. The average Bonchev–Trinajstić information content (AvgIpc) is 2.41. The quantitative estimate of drug-likeness (QED) is 0.920. The lowest BCUT2D eigenvalue weighted by Gasteiger charge is -2.09. The van der Waals surface area contributed by atoms with Crippen LogP contribution in [0.5, 0.6) is 5.88 Å². The summed E-state index contributed by atoms with van der Waals surface area (Å²) in [6, 6.07) is 8.24. The van der Waals surface area contributed by atoms with Gasteiger partial charge < -0.3 is 10.1 Å². The fourth-order valence-corrected chi connectivity index (χ4v) is 1.99. The third kappa shape index (κ3) is 3.44. The van der Waals surface area contributed by atoms with E-state index in [1.165, 1.54) is 5.56 Å². The molecule has 19 heavy (non-hydrogen) atoms. The second-order valence-corrected chi connectivity index (χ2v) is 5.31. The van der Waals surface area contributed by atoms with Crippen LogP contribution in [-0.4, -0.2) is 17.1 Å². The molecular weight excluding hydrogens is 306 g/mol. The predicted molar refractivity (Wildman–Crippen MR) is 80.1 cm³/mol. The largest absolute Gasteiger partial charge is 0.480 e. The van der Waals surface area contributed by atoms with Gasteiger partial charge in [0.2, 0.25) is 11.8 Å². The maximum Gasteiger partial charge on any atom is 0.232 e. The first kappa shape index (κ1) is 13.8. The Labute approximate surface area is 121 Å². The number of nitrogens with zero attached hydrogens (tertiary/aromatic N) is 2. The van der Waals surface area contributed by atoms with E-state index in [-0.39, 0.29) is 0 Å². The van der Waals surface area contributed by atoms with E-state index in [2.05, 4.69) is 57.2 Å². The SMILES string of the molecule is COc1nc(Nc2ccc(C(C)C)cc2)ncc1Br. The van der Waals surface area contributed by atoms with Gasteiger partial charge >= 0.3 is 0 Å². The lowest BCUT2D eigenvalue weighted by molar-refractivity contribution is 0.394. The molecule has 0 fully saturated rings. The second-order valence-electron chi connectivity index (χ2n) is 4.45. The van der Waals surface area contributed by atoms with Crippen LogP contribution in [0.25, 0.3) is 0 Å². The molecule has 1 aromatic carbocycles. The molecule has 0 saturated heterocycles. The highest BCUT2D eigenvalue weighted by Crippen LogP contribution is 2.24. The molecule has 1 aromatic heterocycles. The van der Waals surface area contributed by atoms with Gasteiger partial charge in [-0.15, -0.1) is 0 Å². The standard InChI is InChI=1S/C14H16BrN3O/c1-9(2)10-4-6-11(7-5-10)17-14-16-8-12(15)13(18-14)19-3/h4-9H,1-3H3,(H,16,17,18). The molecule has 0 spiro atoms. The lowest BCUT2D eigenvalue weighted by atomic mass is 10.0. The number of hydrogen-bond donors (Lipinski definition) is 1. The summed E-state index contributed by atoms with van der Waals surface area (Å²) >= 11 is 3.32. The summed E-state index contributed by atoms with van der Waals surface area (Å²) < 4.78 is 5.87. The molecule has 0 bridgehead atoms. The molecule has 0 amide bonds. The van der Waals surface area contributed by atoms with Crippen LogP contribution in [0.1, 0.15) is 25.3 Å². The van der Waals surface area contributed by atoms with Crippen LogP contribution in [0.2, 0.25) is 0 Å². The minimum atomic E-state index is 0.510. The summed E-state index contributed by atoms with van der Waals surface area (Å²) in [4.78, 5) is 8.44. The highest BCUT2D eigenvalue weighted by atomic mass is 79.9. The molecule has 4 nitrogen and oxygen atoms in total. The van der Waals surface area contributed by atoms with E-state index < -0.39 is 0 Å². The number of rotatable bonds is 4. The number of nitrogens with one attached hydrogen (secondary N) is 1. The summed E-state index contributed by atoms with van der Waals surface area (Å²) in [5, 5.41) is 3.15. The van der Waals surface area contributed by atoms with E-state index in [9.17, 15) is 0 Å². The van der Waals surface area contributed by atoms with Crippen LogP contribution in [0.15, 0.2) is 34.9 Å². The molecular formula is C14H16BrN3O. The maximum absolute atomic E-state index is 5.14. The van der Waals surface area contributed by atoms with E-state index in [1.807, 2.05) is 12.1 Å². The number of halogens is 1. The first-order valence-corrected chi connectivity index (χ1v) is 6.83. The Morgan fingerprint density at radius 2 is 1.89 bits per heavy atom. The van der Waals surface area contributed by atoms with E-state index in [0.29, 0.717) is 17.7 Å². The average molecular weight is 322 g/mol. The van der Waals surface area contributed by atoms with E-state index in [4.69, 9.17) is 4.74 Å². The first-order valence-electron chi connectivity index (χ1n) is 6.03. The normalized spacial score (nSPS) is 10.6. The zero-order valence-electron chi connectivity index (χ0n) is 11.1. The van der Waals surface area contributed by atoms with Crippen molar-refractivity contribution in [1.29, 1.82) is 0 Å². The third-order valence-electron chi connectivity index (χ3n) is 2.74. The second kappa shape index (κ2) is 6.02. The van der Waals surface area contributed by atoms with E-state index in [1.54, 1.807) is 13.3 Å². The van der Waals surface area contributed by atoms with Crippen molar-refractivity contribution in [1.82, 2.24) is 9.97 Å². The number of ether oxygens (including phenoxy) is 1. The van der Waals surface area contributed by atoms with Gasteiger partial charge in [-0.1, -0.05) is 26.0 Å². The Morgan fingerprint density at radius 3 is 2.47 bits per heavy atom. The Morgan fingerprint density at radius 1 is 1.21 bits per heavy atom. The fourth-order valence-electron chi connectivity index (χ4n) is 1.64. The van der Waals surface area contributed by atoms with Gasteiger partial charge in [0.25, 0.3) is 0 Å². The van der Waals surface area contributed by atoms with Crippen LogP contribution in [0.3, 0.4) is 0 Å². The number of methoxy groups -OCH3 is 1. The Hall–Kier alpha value is -1.62. The van der Waals surface area contributed by atoms with Crippen molar-refractivity contribution in [2.45, 2.75) is 19.8 Å². The number of hydrogen-bond acceptors (Lipinski definition) is 4.